The summed E-state index contributed by atoms with van der Waals surface area (Å²) in [5, 5.41) is 0. The molecule has 0 bridgehead atoms. The van der Waals surface area contributed by atoms with Crippen molar-refractivity contribution in [1.29, 1.82) is 0 Å². The van der Waals surface area contributed by atoms with E-state index in [1.807, 2.05) is 12.1 Å². The minimum absolute atomic E-state index is 0.104. The Bertz CT molecular complexity index is 570. The lowest BCUT2D eigenvalue weighted by molar-refractivity contribution is -0.179. The average molecular weight is 312 g/mol. The molecule has 7 heteroatoms. The number of rotatable bonds is 4. The van der Waals surface area contributed by atoms with Gasteiger partial charge in [0.05, 0.1) is 25.5 Å². The number of aryl methyl sites for hydroxylation is 1. The lowest BCUT2D eigenvalue weighted by Crippen LogP contribution is -2.51. The van der Waals surface area contributed by atoms with Crippen LogP contribution in [0.4, 0.5) is 0 Å². The summed E-state index contributed by atoms with van der Waals surface area (Å²) in [5.74, 6) is -0.602. The molecule has 1 aromatic rings. The first-order chi connectivity index (χ1) is 10.1. The van der Waals surface area contributed by atoms with Crippen molar-refractivity contribution in [3.05, 3.63) is 30.1 Å². The van der Waals surface area contributed by atoms with Gasteiger partial charge in [-0.25, -0.2) is 8.42 Å². The van der Waals surface area contributed by atoms with Gasteiger partial charge in [0.1, 0.15) is 0 Å². The zero-order valence-electron chi connectivity index (χ0n) is 11.9. The molecule has 3 rings (SSSR count). The van der Waals surface area contributed by atoms with Crippen molar-refractivity contribution in [2.75, 3.05) is 32.1 Å². The van der Waals surface area contributed by atoms with Crippen molar-refractivity contribution in [2.24, 2.45) is 0 Å². The number of hydrogen-bond donors (Lipinski definition) is 0. The fraction of sp³-hybridized carbons (Fsp3) is 0.643. The summed E-state index contributed by atoms with van der Waals surface area (Å²) >= 11 is 0. The predicted molar refractivity (Wildman–Crippen MR) is 77.2 cm³/mol. The Hall–Kier alpha value is -1.02. The highest BCUT2D eigenvalue weighted by Gasteiger charge is 2.43. The van der Waals surface area contributed by atoms with Crippen LogP contribution in [-0.2, 0) is 25.9 Å². The van der Waals surface area contributed by atoms with Crippen molar-refractivity contribution < 1.29 is 17.9 Å². The zero-order valence-corrected chi connectivity index (χ0v) is 12.7. The fourth-order valence-corrected chi connectivity index (χ4v) is 4.40. The quantitative estimate of drug-likeness (QED) is 0.822. The Morgan fingerprint density at radius 3 is 2.67 bits per heavy atom. The van der Waals surface area contributed by atoms with Crippen LogP contribution in [0.25, 0.3) is 0 Å². The molecule has 0 atom stereocenters. The SMILES string of the molecule is O=S(=O)(CCc1ccncc1)N1CCCC2(C1)OCCO2. The smallest absolute Gasteiger partial charge is 0.214 e. The van der Waals surface area contributed by atoms with E-state index >= 15 is 0 Å². The number of pyridine rings is 1. The highest BCUT2D eigenvalue weighted by Crippen LogP contribution is 2.31. The third-order valence-electron chi connectivity index (χ3n) is 3.99. The van der Waals surface area contributed by atoms with Gasteiger partial charge in [0, 0.05) is 25.4 Å². The van der Waals surface area contributed by atoms with Gasteiger partial charge in [0.15, 0.2) is 5.79 Å². The van der Waals surface area contributed by atoms with Gasteiger partial charge < -0.3 is 9.47 Å². The molecule has 1 aromatic heterocycles. The van der Waals surface area contributed by atoms with Crippen LogP contribution in [0.1, 0.15) is 18.4 Å². The normalized spacial score (nSPS) is 22.7. The van der Waals surface area contributed by atoms with Crippen LogP contribution in [0.2, 0.25) is 0 Å². The molecular weight excluding hydrogens is 292 g/mol. The van der Waals surface area contributed by atoms with Gasteiger partial charge in [0.25, 0.3) is 0 Å². The maximum atomic E-state index is 12.5. The molecule has 0 amide bonds. The molecule has 0 N–H and O–H groups in total. The van der Waals surface area contributed by atoms with Crippen LogP contribution in [0.5, 0.6) is 0 Å². The van der Waals surface area contributed by atoms with Gasteiger partial charge in [-0.1, -0.05) is 0 Å². The van der Waals surface area contributed by atoms with Crippen molar-refractivity contribution in [2.45, 2.75) is 25.0 Å². The maximum Gasteiger partial charge on any atom is 0.214 e. The summed E-state index contributed by atoms with van der Waals surface area (Å²) in [7, 11) is -3.29. The van der Waals surface area contributed by atoms with Gasteiger partial charge in [0.2, 0.25) is 10.0 Å². The first-order valence-electron chi connectivity index (χ1n) is 7.24. The molecule has 2 saturated heterocycles. The van der Waals surface area contributed by atoms with Gasteiger partial charge in [-0.3, -0.25) is 4.98 Å². The van der Waals surface area contributed by atoms with Crippen molar-refractivity contribution in [3.63, 3.8) is 0 Å². The Morgan fingerprint density at radius 2 is 1.95 bits per heavy atom. The molecule has 2 fully saturated rings. The van der Waals surface area contributed by atoms with Crippen LogP contribution in [-0.4, -0.2) is 55.6 Å². The second kappa shape index (κ2) is 6.00. The number of sulfonamides is 1. The van der Waals surface area contributed by atoms with E-state index in [9.17, 15) is 8.42 Å². The van der Waals surface area contributed by atoms with Crippen LogP contribution in [0.3, 0.4) is 0 Å². The van der Waals surface area contributed by atoms with E-state index in [1.54, 1.807) is 12.4 Å². The van der Waals surface area contributed by atoms with E-state index in [0.717, 1.165) is 18.4 Å². The summed E-state index contributed by atoms with van der Waals surface area (Å²) in [6, 6.07) is 3.69. The van der Waals surface area contributed by atoms with Crippen molar-refractivity contribution in [1.82, 2.24) is 9.29 Å². The monoisotopic (exact) mass is 312 g/mol. The lowest BCUT2D eigenvalue weighted by atomic mass is 10.1. The number of hydrogen-bond acceptors (Lipinski definition) is 5. The van der Waals surface area contributed by atoms with Crippen LogP contribution in [0, 0.1) is 0 Å². The fourth-order valence-electron chi connectivity index (χ4n) is 2.85. The molecule has 0 aliphatic carbocycles. The largest absolute Gasteiger partial charge is 0.346 e. The molecule has 1 spiro atoms. The molecule has 6 nitrogen and oxygen atoms in total. The minimum atomic E-state index is -3.29. The Kier molecular flexibility index (Phi) is 4.26. The maximum absolute atomic E-state index is 12.5. The Morgan fingerprint density at radius 1 is 1.24 bits per heavy atom. The zero-order chi connectivity index (χ0) is 14.8. The minimum Gasteiger partial charge on any atom is -0.346 e. The Balaban J connectivity index is 1.64. The van der Waals surface area contributed by atoms with E-state index in [4.69, 9.17) is 9.47 Å². The van der Waals surface area contributed by atoms with Crippen LogP contribution >= 0.6 is 0 Å². The van der Waals surface area contributed by atoms with E-state index in [2.05, 4.69) is 4.98 Å². The van der Waals surface area contributed by atoms with Crippen molar-refractivity contribution in [3.8, 4) is 0 Å². The average Bonchev–Trinajstić information content (AvgIpc) is 2.94. The van der Waals surface area contributed by atoms with E-state index in [1.165, 1.54) is 4.31 Å². The molecule has 0 saturated carbocycles. The standard InChI is InChI=1S/C14H20N2O4S/c17-21(18,11-4-13-2-6-15-7-3-13)16-8-1-5-14(12-16)19-9-10-20-14/h2-3,6-7H,1,4-5,8-12H2. The van der Waals surface area contributed by atoms with Gasteiger partial charge in [-0.05, 0) is 30.5 Å². The second-order valence-electron chi connectivity index (χ2n) is 5.47. The molecule has 21 heavy (non-hydrogen) atoms. The van der Waals surface area contributed by atoms with Gasteiger partial charge in [-0.2, -0.15) is 4.31 Å². The van der Waals surface area contributed by atoms with Crippen LogP contribution in [0.15, 0.2) is 24.5 Å². The number of aromatic nitrogens is 1. The predicted octanol–water partition coefficient (Wildman–Crippen LogP) is 0.793. The first kappa shape index (κ1) is 14.9. The molecule has 3 heterocycles. The number of nitrogens with zero attached hydrogens (tertiary/aromatic N) is 2. The summed E-state index contributed by atoms with van der Waals surface area (Å²) in [6.45, 7) is 1.95. The third kappa shape index (κ3) is 3.42. The molecule has 0 aromatic carbocycles. The molecule has 2 aliphatic heterocycles. The summed E-state index contributed by atoms with van der Waals surface area (Å²) in [6.07, 6.45) is 5.39. The molecule has 0 radical (unpaired) electrons. The molecule has 116 valence electrons. The van der Waals surface area contributed by atoms with E-state index in [-0.39, 0.29) is 5.75 Å². The summed E-state index contributed by atoms with van der Waals surface area (Å²) < 4.78 is 37.8. The van der Waals surface area contributed by atoms with E-state index < -0.39 is 15.8 Å². The summed E-state index contributed by atoms with van der Waals surface area (Å²) in [5.41, 5.74) is 0.980. The van der Waals surface area contributed by atoms with Crippen LogP contribution < -0.4 is 0 Å². The number of piperidine rings is 1. The highest BCUT2D eigenvalue weighted by atomic mass is 32.2. The lowest BCUT2D eigenvalue weighted by Gasteiger charge is -2.37. The van der Waals surface area contributed by atoms with Gasteiger partial charge in [-0.15, -0.1) is 0 Å². The third-order valence-corrected chi connectivity index (χ3v) is 5.81. The summed E-state index contributed by atoms with van der Waals surface area (Å²) in [4.78, 5) is 3.93. The molecule has 2 aliphatic rings. The van der Waals surface area contributed by atoms with Crippen molar-refractivity contribution >= 4 is 10.0 Å². The topological polar surface area (TPSA) is 68.7 Å². The molecular formula is C14H20N2O4S. The number of ether oxygens (including phenoxy) is 2. The highest BCUT2D eigenvalue weighted by molar-refractivity contribution is 7.89. The first-order valence-corrected chi connectivity index (χ1v) is 8.85. The second-order valence-corrected chi connectivity index (χ2v) is 7.55. The molecule has 0 unspecified atom stereocenters. The van der Waals surface area contributed by atoms with Gasteiger partial charge >= 0.3 is 0 Å². The Labute approximate surface area is 125 Å². The van der Waals surface area contributed by atoms with E-state index in [0.29, 0.717) is 32.7 Å².